The summed E-state index contributed by atoms with van der Waals surface area (Å²) in [5, 5.41) is 0.147. The molecular weight excluding hydrogens is 212 g/mol. The van der Waals surface area contributed by atoms with Crippen molar-refractivity contribution in [2.75, 3.05) is 7.11 Å². The first kappa shape index (κ1) is 11.8. The third-order valence-electron chi connectivity index (χ3n) is 1.98. The highest BCUT2D eigenvalue weighted by atomic mass is 35.5. The van der Waals surface area contributed by atoms with Gasteiger partial charge in [-0.05, 0) is 18.4 Å². The lowest BCUT2D eigenvalue weighted by molar-refractivity contribution is -0.135. The SMILES string of the molecule is COC(=O)/C(Cl)=C/CCc1ccccc1. The van der Waals surface area contributed by atoms with Crippen molar-refractivity contribution < 1.29 is 9.53 Å². The van der Waals surface area contributed by atoms with E-state index >= 15 is 0 Å². The number of halogens is 1. The Morgan fingerprint density at radius 3 is 2.67 bits per heavy atom. The van der Waals surface area contributed by atoms with Gasteiger partial charge in [0.1, 0.15) is 5.03 Å². The Kier molecular flexibility index (Phi) is 4.91. The molecule has 15 heavy (non-hydrogen) atoms. The second kappa shape index (κ2) is 6.25. The fourth-order valence-electron chi connectivity index (χ4n) is 1.19. The number of hydrogen-bond acceptors (Lipinski definition) is 2. The van der Waals surface area contributed by atoms with Gasteiger partial charge in [-0.25, -0.2) is 4.79 Å². The van der Waals surface area contributed by atoms with Crippen LogP contribution in [0.25, 0.3) is 0 Å². The Morgan fingerprint density at radius 1 is 1.40 bits per heavy atom. The molecule has 0 atom stereocenters. The zero-order valence-corrected chi connectivity index (χ0v) is 9.33. The molecule has 0 heterocycles. The van der Waals surface area contributed by atoms with Crippen LogP contribution in [0.4, 0.5) is 0 Å². The van der Waals surface area contributed by atoms with Gasteiger partial charge in [-0.2, -0.15) is 0 Å². The summed E-state index contributed by atoms with van der Waals surface area (Å²) in [6.45, 7) is 0. The van der Waals surface area contributed by atoms with Crippen molar-refractivity contribution in [3.05, 3.63) is 47.0 Å². The molecule has 0 bridgehead atoms. The second-order valence-corrected chi connectivity index (χ2v) is 3.48. The van der Waals surface area contributed by atoms with Crippen molar-refractivity contribution in [1.29, 1.82) is 0 Å². The largest absolute Gasteiger partial charge is 0.465 e. The van der Waals surface area contributed by atoms with Crippen LogP contribution >= 0.6 is 11.6 Å². The summed E-state index contributed by atoms with van der Waals surface area (Å²) in [7, 11) is 1.32. The van der Waals surface area contributed by atoms with E-state index in [9.17, 15) is 4.79 Å². The highest BCUT2D eigenvalue weighted by Gasteiger charge is 2.04. The van der Waals surface area contributed by atoms with Gasteiger partial charge in [-0.3, -0.25) is 0 Å². The van der Waals surface area contributed by atoms with Crippen molar-refractivity contribution >= 4 is 17.6 Å². The van der Waals surface area contributed by atoms with E-state index in [1.54, 1.807) is 6.08 Å². The molecule has 0 aliphatic heterocycles. The van der Waals surface area contributed by atoms with Gasteiger partial charge in [-0.1, -0.05) is 48.0 Å². The Hall–Kier alpha value is -1.28. The highest BCUT2D eigenvalue weighted by molar-refractivity contribution is 6.41. The quantitative estimate of drug-likeness (QED) is 0.581. The first-order valence-electron chi connectivity index (χ1n) is 4.72. The molecule has 0 fully saturated rings. The lowest BCUT2D eigenvalue weighted by Gasteiger charge is -1.98. The molecule has 0 radical (unpaired) electrons. The van der Waals surface area contributed by atoms with Crippen molar-refractivity contribution in [3.8, 4) is 0 Å². The van der Waals surface area contributed by atoms with Crippen LogP contribution in [0.15, 0.2) is 41.4 Å². The molecule has 0 unspecified atom stereocenters. The van der Waals surface area contributed by atoms with Crippen LogP contribution in [-0.4, -0.2) is 13.1 Å². The van der Waals surface area contributed by atoms with Gasteiger partial charge in [0.2, 0.25) is 0 Å². The van der Waals surface area contributed by atoms with Crippen LogP contribution in [0.5, 0.6) is 0 Å². The van der Waals surface area contributed by atoms with Gasteiger partial charge >= 0.3 is 5.97 Å². The van der Waals surface area contributed by atoms with E-state index < -0.39 is 5.97 Å². The van der Waals surface area contributed by atoms with E-state index in [1.807, 2.05) is 30.3 Å². The number of benzene rings is 1. The number of hydrogen-bond donors (Lipinski definition) is 0. The minimum absolute atomic E-state index is 0.147. The van der Waals surface area contributed by atoms with Crippen LogP contribution < -0.4 is 0 Å². The van der Waals surface area contributed by atoms with Crippen LogP contribution in [-0.2, 0) is 16.0 Å². The number of carbonyl (C=O) groups excluding carboxylic acids is 1. The van der Waals surface area contributed by atoms with E-state index in [2.05, 4.69) is 4.74 Å². The zero-order chi connectivity index (χ0) is 11.1. The average Bonchev–Trinajstić information content (AvgIpc) is 2.29. The maximum Gasteiger partial charge on any atom is 0.349 e. The molecule has 3 heteroatoms. The number of methoxy groups -OCH3 is 1. The Labute approximate surface area is 94.5 Å². The highest BCUT2D eigenvalue weighted by Crippen LogP contribution is 2.08. The van der Waals surface area contributed by atoms with E-state index in [-0.39, 0.29) is 5.03 Å². The molecule has 0 amide bonds. The minimum atomic E-state index is -0.482. The van der Waals surface area contributed by atoms with Gasteiger partial charge in [0.25, 0.3) is 0 Å². The van der Waals surface area contributed by atoms with Gasteiger partial charge in [0.15, 0.2) is 0 Å². The van der Waals surface area contributed by atoms with Crippen LogP contribution in [0.2, 0.25) is 0 Å². The summed E-state index contributed by atoms with van der Waals surface area (Å²) in [5.74, 6) is -0.482. The summed E-state index contributed by atoms with van der Waals surface area (Å²) < 4.78 is 4.48. The first-order chi connectivity index (χ1) is 7.24. The second-order valence-electron chi connectivity index (χ2n) is 3.07. The Morgan fingerprint density at radius 2 is 2.07 bits per heavy atom. The number of esters is 1. The smallest absolute Gasteiger partial charge is 0.349 e. The first-order valence-corrected chi connectivity index (χ1v) is 5.09. The van der Waals surface area contributed by atoms with Crippen molar-refractivity contribution in [1.82, 2.24) is 0 Å². The molecule has 1 rings (SSSR count). The normalized spacial score (nSPS) is 11.2. The third kappa shape index (κ3) is 4.17. The topological polar surface area (TPSA) is 26.3 Å². The number of ether oxygens (including phenoxy) is 1. The van der Waals surface area contributed by atoms with Crippen LogP contribution in [0.3, 0.4) is 0 Å². The van der Waals surface area contributed by atoms with E-state index in [0.29, 0.717) is 0 Å². The predicted octanol–water partition coefficient (Wildman–Crippen LogP) is 2.91. The van der Waals surface area contributed by atoms with E-state index in [4.69, 9.17) is 11.6 Å². The fourth-order valence-corrected chi connectivity index (χ4v) is 1.38. The van der Waals surface area contributed by atoms with Crippen LogP contribution in [0.1, 0.15) is 12.0 Å². The predicted molar refractivity (Wildman–Crippen MR) is 60.7 cm³/mol. The molecule has 1 aromatic rings. The fraction of sp³-hybridized carbons (Fsp3) is 0.250. The summed E-state index contributed by atoms with van der Waals surface area (Å²) >= 11 is 5.68. The molecule has 80 valence electrons. The number of rotatable bonds is 4. The summed E-state index contributed by atoms with van der Waals surface area (Å²) in [6, 6.07) is 10.0. The standard InChI is InChI=1S/C12H13ClO2/c1-15-12(14)11(13)9-5-8-10-6-3-2-4-7-10/h2-4,6-7,9H,5,8H2,1H3/b11-9-. The molecule has 0 N–H and O–H groups in total. The number of aryl methyl sites for hydroxylation is 1. The summed E-state index contributed by atoms with van der Waals surface area (Å²) in [5.41, 5.74) is 1.23. The van der Waals surface area contributed by atoms with E-state index in [0.717, 1.165) is 12.8 Å². The maximum atomic E-state index is 10.9. The van der Waals surface area contributed by atoms with Crippen molar-refractivity contribution in [2.45, 2.75) is 12.8 Å². The van der Waals surface area contributed by atoms with Gasteiger partial charge in [0, 0.05) is 0 Å². The summed E-state index contributed by atoms with van der Waals surface area (Å²) in [4.78, 5) is 10.9. The lowest BCUT2D eigenvalue weighted by Crippen LogP contribution is -1.99. The molecule has 0 aliphatic rings. The van der Waals surface area contributed by atoms with Gasteiger partial charge in [0.05, 0.1) is 7.11 Å². The van der Waals surface area contributed by atoms with Gasteiger partial charge < -0.3 is 4.74 Å². The average molecular weight is 225 g/mol. The Balaban J connectivity index is 2.42. The van der Waals surface area contributed by atoms with Gasteiger partial charge in [-0.15, -0.1) is 0 Å². The molecule has 0 aliphatic carbocycles. The third-order valence-corrected chi connectivity index (χ3v) is 2.29. The molecule has 0 aromatic heterocycles. The van der Waals surface area contributed by atoms with E-state index in [1.165, 1.54) is 12.7 Å². The van der Waals surface area contributed by atoms with Crippen molar-refractivity contribution in [2.24, 2.45) is 0 Å². The zero-order valence-electron chi connectivity index (χ0n) is 8.57. The monoisotopic (exact) mass is 224 g/mol. The molecule has 0 spiro atoms. The van der Waals surface area contributed by atoms with Crippen molar-refractivity contribution in [3.63, 3.8) is 0 Å². The molecular formula is C12H13ClO2. The lowest BCUT2D eigenvalue weighted by atomic mass is 10.1. The maximum absolute atomic E-state index is 10.9. The molecule has 0 saturated carbocycles. The molecule has 0 saturated heterocycles. The van der Waals surface area contributed by atoms with Crippen LogP contribution in [0, 0.1) is 0 Å². The summed E-state index contributed by atoms with van der Waals surface area (Å²) in [6.07, 6.45) is 3.28. The number of carbonyl (C=O) groups is 1. The Bertz CT molecular complexity index is 344. The molecule has 1 aromatic carbocycles. The minimum Gasteiger partial charge on any atom is -0.465 e. The number of allylic oxidation sites excluding steroid dienone is 1. The molecule has 2 nitrogen and oxygen atoms in total.